The summed E-state index contributed by atoms with van der Waals surface area (Å²) in [5.41, 5.74) is 11.3. The predicted octanol–water partition coefficient (Wildman–Crippen LogP) is 13.8. The molecule has 0 spiro atoms. The molecular formula is C50H28N2O. The SMILES string of the molecule is c1cc2ccc3cccc4c3c2c(c1)n4-c1ccc2cc(-c3ccc4c(c3)oc3cc(-n5c6cccc7ccc8cccc5c8c76)ccc34)ccc2c1. The first-order valence-electron chi connectivity index (χ1n) is 18.2. The van der Waals surface area contributed by atoms with Gasteiger partial charge in [0.1, 0.15) is 11.2 Å². The predicted molar refractivity (Wildman–Crippen MR) is 223 cm³/mol. The Morgan fingerprint density at radius 3 is 1.26 bits per heavy atom. The van der Waals surface area contributed by atoms with Gasteiger partial charge in [-0.1, -0.05) is 97.1 Å². The summed E-state index contributed by atoms with van der Waals surface area (Å²) < 4.78 is 11.4. The van der Waals surface area contributed by atoms with Crippen LogP contribution in [0.15, 0.2) is 174 Å². The Morgan fingerprint density at radius 2 is 0.698 bits per heavy atom. The lowest BCUT2D eigenvalue weighted by atomic mass is 9.99. The quantitative estimate of drug-likeness (QED) is 0.171. The van der Waals surface area contributed by atoms with Gasteiger partial charge in [-0.25, -0.2) is 0 Å². The number of nitrogens with zero attached hydrogens (tertiary/aromatic N) is 2. The molecule has 53 heavy (non-hydrogen) atoms. The highest BCUT2D eigenvalue weighted by molar-refractivity contribution is 6.25. The fourth-order valence-electron chi connectivity index (χ4n) is 9.43. The van der Waals surface area contributed by atoms with Crippen LogP contribution in [0.25, 0.3) is 120 Å². The van der Waals surface area contributed by atoms with Crippen LogP contribution < -0.4 is 0 Å². The Morgan fingerprint density at radius 1 is 0.302 bits per heavy atom. The summed E-state index contributed by atoms with van der Waals surface area (Å²) in [4.78, 5) is 0. The van der Waals surface area contributed by atoms with Crippen LogP contribution in [0.1, 0.15) is 0 Å². The second kappa shape index (κ2) is 9.81. The van der Waals surface area contributed by atoms with E-state index in [4.69, 9.17) is 4.42 Å². The molecule has 3 heteroatoms. The van der Waals surface area contributed by atoms with Crippen LogP contribution in [0.4, 0.5) is 0 Å². The minimum atomic E-state index is 0.895. The van der Waals surface area contributed by atoms with Gasteiger partial charge in [0.05, 0.1) is 22.1 Å². The number of hydrogen-bond donors (Lipinski definition) is 0. The fraction of sp³-hybridized carbons (Fsp3) is 0. The van der Waals surface area contributed by atoms with Gasteiger partial charge < -0.3 is 13.6 Å². The molecule has 0 N–H and O–H groups in total. The number of benzene rings is 10. The molecule has 0 aliphatic carbocycles. The molecule has 0 aliphatic rings. The van der Waals surface area contributed by atoms with Gasteiger partial charge in [-0.2, -0.15) is 0 Å². The van der Waals surface area contributed by atoms with Crippen molar-refractivity contribution < 1.29 is 4.42 Å². The van der Waals surface area contributed by atoms with E-state index >= 15 is 0 Å². The molecule has 0 amide bonds. The summed E-state index contributed by atoms with van der Waals surface area (Å²) in [5.74, 6) is 0. The first kappa shape index (κ1) is 27.6. The van der Waals surface area contributed by atoms with Crippen molar-refractivity contribution >= 4 is 97.9 Å². The van der Waals surface area contributed by atoms with Gasteiger partial charge in [0, 0.05) is 49.8 Å². The van der Waals surface area contributed by atoms with Crippen LogP contribution >= 0.6 is 0 Å². The van der Waals surface area contributed by atoms with Crippen LogP contribution in [0.3, 0.4) is 0 Å². The Labute approximate surface area is 302 Å². The van der Waals surface area contributed by atoms with Gasteiger partial charge in [0.15, 0.2) is 0 Å². The fourth-order valence-corrected chi connectivity index (χ4v) is 9.43. The van der Waals surface area contributed by atoms with Crippen molar-refractivity contribution in [3.05, 3.63) is 170 Å². The van der Waals surface area contributed by atoms with Crippen LogP contribution in [-0.4, -0.2) is 9.13 Å². The number of rotatable bonds is 3. The van der Waals surface area contributed by atoms with Crippen molar-refractivity contribution in [3.63, 3.8) is 0 Å². The summed E-state index contributed by atoms with van der Waals surface area (Å²) in [5, 5.41) is 15.1. The van der Waals surface area contributed by atoms with Crippen LogP contribution in [0.2, 0.25) is 0 Å². The second-order valence-corrected chi connectivity index (χ2v) is 14.5. The summed E-state index contributed by atoms with van der Waals surface area (Å²) in [6.45, 7) is 0. The van der Waals surface area contributed by atoms with E-state index in [1.54, 1.807) is 0 Å². The Hall–Kier alpha value is -7.10. The lowest BCUT2D eigenvalue weighted by molar-refractivity contribution is 0.669. The van der Waals surface area contributed by atoms with Crippen molar-refractivity contribution in [1.29, 1.82) is 0 Å². The normalized spacial score (nSPS) is 12.5. The van der Waals surface area contributed by atoms with Crippen molar-refractivity contribution in [2.24, 2.45) is 0 Å². The van der Waals surface area contributed by atoms with Crippen LogP contribution in [0.5, 0.6) is 0 Å². The molecular weight excluding hydrogens is 645 g/mol. The van der Waals surface area contributed by atoms with Crippen molar-refractivity contribution in [1.82, 2.24) is 9.13 Å². The van der Waals surface area contributed by atoms with E-state index in [0.717, 1.165) is 33.2 Å². The van der Waals surface area contributed by atoms with E-state index < -0.39 is 0 Å². The molecule has 244 valence electrons. The lowest BCUT2D eigenvalue weighted by Crippen LogP contribution is -1.93. The summed E-state index contributed by atoms with van der Waals surface area (Å²) in [7, 11) is 0. The highest BCUT2D eigenvalue weighted by Gasteiger charge is 2.19. The smallest absolute Gasteiger partial charge is 0.137 e. The van der Waals surface area contributed by atoms with Gasteiger partial charge in [0.2, 0.25) is 0 Å². The molecule has 0 fully saturated rings. The van der Waals surface area contributed by atoms with E-state index in [1.165, 1.54) is 87.2 Å². The van der Waals surface area contributed by atoms with Crippen LogP contribution in [-0.2, 0) is 0 Å². The van der Waals surface area contributed by atoms with Gasteiger partial charge in [-0.3, -0.25) is 0 Å². The number of aromatic nitrogens is 2. The molecule has 0 aliphatic heterocycles. The monoisotopic (exact) mass is 672 g/mol. The van der Waals surface area contributed by atoms with E-state index in [1.807, 2.05) is 0 Å². The van der Waals surface area contributed by atoms with Gasteiger partial charge in [-0.15, -0.1) is 0 Å². The summed E-state index contributed by atoms with van der Waals surface area (Å²) >= 11 is 0. The summed E-state index contributed by atoms with van der Waals surface area (Å²) in [6, 6.07) is 62.3. The Balaban J connectivity index is 0.909. The molecule has 3 heterocycles. The second-order valence-electron chi connectivity index (χ2n) is 14.5. The molecule has 0 radical (unpaired) electrons. The largest absolute Gasteiger partial charge is 0.456 e. The zero-order chi connectivity index (χ0) is 34.4. The Bertz CT molecular complexity index is 3500. The third kappa shape index (κ3) is 3.63. The first-order chi connectivity index (χ1) is 26.2. The molecule has 3 aromatic heterocycles. The molecule has 0 saturated carbocycles. The molecule has 13 aromatic rings. The molecule has 3 nitrogen and oxygen atoms in total. The third-order valence-electron chi connectivity index (χ3n) is 11.8. The van der Waals surface area contributed by atoms with Crippen molar-refractivity contribution in [2.45, 2.75) is 0 Å². The maximum atomic E-state index is 6.64. The van der Waals surface area contributed by atoms with Gasteiger partial charge in [0.25, 0.3) is 0 Å². The average Bonchev–Trinajstić information content (AvgIpc) is 3.87. The van der Waals surface area contributed by atoms with Gasteiger partial charge >= 0.3 is 0 Å². The zero-order valence-corrected chi connectivity index (χ0v) is 28.5. The molecule has 0 unspecified atom stereocenters. The molecule has 0 atom stereocenters. The van der Waals surface area contributed by atoms with Crippen molar-refractivity contribution in [3.8, 4) is 22.5 Å². The van der Waals surface area contributed by atoms with E-state index in [2.05, 4.69) is 179 Å². The number of hydrogen-bond acceptors (Lipinski definition) is 1. The molecule has 10 aromatic carbocycles. The standard InChI is InChI=1S/C50H28N2O/c1-5-29-13-14-30-6-2-10-42-48(30)47(29)41(9-1)51(42)37-21-19-34-25-33(17-18-35(34)26-37)36-20-23-39-40-24-22-38(28-46(40)53-45(39)27-36)52-43-11-3-7-31-15-16-32-8-4-12-44(52)50(32)49(31)43/h1-28H. The maximum absolute atomic E-state index is 6.64. The minimum absolute atomic E-state index is 0.895. The lowest BCUT2D eigenvalue weighted by Gasteiger charge is -2.10. The van der Waals surface area contributed by atoms with Gasteiger partial charge in [-0.05, 0) is 110 Å². The van der Waals surface area contributed by atoms with Crippen LogP contribution in [0, 0.1) is 0 Å². The van der Waals surface area contributed by atoms with E-state index in [0.29, 0.717) is 0 Å². The van der Waals surface area contributed by atoms with E-state index in [-0.39, 0.29) is 0 Å². The molecule has 0 bridgehead atoms. The molecule has 13 rings (SSSR count). The molecule has 0 saturated heterocycles. The van der Waals surface area contributed by atoms with E-state index in [9.17, 15) is 0 Å². The first-order valence-corrected chi connectivity index (χ1v) is 18.2. The van der Waals surface area contributed by atoms with Crippen molar-refractivity contribution in [2.75, 3.05) is 0 Å². The third-order valence-corrected chi connectivity index (χ3v) is 11.8. The number of fused-ring (bicyclic) bond motifs is 4. The summed E-state index contributed by atoms with van der Waals surface area (Å²) in [6.07, 6.45) is 0. The highest BCUT2D eigenvalue weighted by Crippen LogP contribution is 2.42. The topological polar surface area (TPSA) is 23.0 Å². The maximum Gasteiger partial charge on any atom is 0.137 e. The minimum Gasteiger partial charge on any atom is -0.456 e. The Kier molecular flexibility index (Phi) is 5.11. The number of furan rings is 1. The highest BCUT2D eigenvalue weighted by atomic mass is 16.3. The zero-order valence-electron chi connectivity index (χ0n) is 28.5. The average molecular weight is 673 g/mol.